The molecule has 0 heterocycles. The molecule has 0 nitrogen and oxygen atoms in total. The molecule has 0 bridgehead atoms. The van der Waals surface area contributed by atoms with Crippen LogP contribution in [0.4, 0.5) is 0 Å². The molecule has 3 aromatic carbocycles. The third-order valence-electron chi connectivity index (χ3n) is 2.80. The van der Waals surface area contributed by atoms with Gasteiger partial charge in [0.25, 0.3) is 0 Å². The van der Waals surface area contributed by atoms with Crippen LogP contribution >= 0.6 is 0 Å². The molecule has 0 unspecified atom stereocenters. The number of hydrogen-bond acceptors (Lipinski definition) is 0. The van der Waals surface area contributed by atoms with E-state index in [1.165, 1.54) is 47.6 Å². The van der Waals surface area contributed by atoms with Gasteiger partial charge >= 0.3 is 102 Å². The summed E-state index contributed by atoms with van der Waals surface area (Å²) in [6, 6.07) is 19.6. The van der Waals surface area contributed by atoms with Gasteiger partial charge in [-0.2, -0.15) is 0 Å². The third-order valence-corrected chi connectivity index (χ3v) is 4.16. The van der Waals surface area contributed by atoms with E-state index in [9.17, 15) is 0 Å². The Morgan fingerprint density at radius 3 is 2.07 bits per heavy atom. The first-order valence-corrected chi connectivity index (χ1v) is 6.67. The van der Waals surface area contributed by atoms with Crippen molar-refractivity contribution < 1.29 is 0 Å². The summed E-state index contributed by atoms with van der Waals surface area (Å²) in [6.07, 6.45) is 0. The molecule has 1 heteroatoms. The number of benzene rings is 3. The van der Waals surface area contributed by atoms with E-state index in [2.05, 4.69) is 54.6 Å². The van der Waals surface area contributed by atoms with Crippen LogP contribution in [-0.2, 0) is 0 Å². The van der Waals surface area contributed by atoms with Gasteiger partial charge in [0.2, 0.25) is 0 Å². The molecule has 0 aromatic heterocycles. The molecule has 3 rings (SSSR count). The van der Waals surface area contributed by atoms with Crippen LogP contribution in [0, 0.1) is 0 Å². The van der Waals surface area contributed by atoms with Crippen molar-refractivity contribution in [1.82, 2.24) is 0 Å². The first kappa shape index (κ1) is 9.22. The number of hydrogen-bond donors (Lipinski definition) is 0. The van der Waals surface area contributed by atoms with Crippen molar-refractivity contribution in [2.75, 3.05) is 0 Å². The van der Waals surface area contributed by atoms with E-state index in [0.717, 1.165) is 0 Å². The molecule has 3 aromatic rings. The molecule has 0 aliphatic heterocycles. The number of fused-ring (bicyclic) bond motifs is 3. The predicted octanol–water partition coefficient (Wildman–Crippen LogP) is 2.52. The first-order valence-electron chi connectivity index (χ1n) is 5.02. The molecule has 0 saturated carbocycles. The summed E-state index contributed by atoms with van der Waals surface area (Å²) < 4.78 is 1.48. The van der Waals surface area contributed by atoms with Crippen molar-refractivity contribution in [3.8, 4) is 0 Å². The van der Waals surface area contributed by atoms with Gasteiger partial charge in [-0.3, -0.25) is 0 Å². The Morgan fingerprint density at radius 1 is 0.667 bits per heavy atom. The van der Waals surface area contributed by atoms with Crippen LogP contribution in [0.5, 0.6) is 0 Å². The topological polar surface area (TPSA) is 0 Å². The van der Waals surface area contributed by atoms with Crippen LogP contribution in [0.2, 0.25) is 0 Å². The fraction of sp³-hybridized carbons (Fsp3) is 0. The molecule has 15 heavy (non-hydrogen) atoms. The Kier molecular flexibility index (Phi) is 2.17. The minimum absolute atomic E-state index is 1.18. The summed E-state index contributed by atoms with van der Waals surface area (Å²) in [4.78, 5) is 0. The van der Waals surface area contributed by atoms with Gasteiger partial charge in [-0.05, 0) is 0 Å². The van der Waals surface area contributed by atoms with Crippen LogP contribution < -0.4 is 3.58 Å². The van der Waals surface area contributed by atoms with Crippen molar-refractivity contribution in [1.29, 1.82) is 0 Å². The molecule has 70 valence electrons. The Labute approximate surface area is 102 Å². The molecular formula is C14H10Sn. The minimum atomic E-state index is 1.18. The van der Waals surface area contributed by atoms with Crippen LogP contribution in [0.25, 0.3) is 21.5 Å². The van der Waals surface area contributed by atoms with Gasteiger partial charge in [0, 0.05) is 0 Å². The molecule has 0 fully saturated rings. The van der Waals surface area contributed by atoms with Crippen molar-refractivity contribution in [3.63, 3.8) is 0 Å². The third kappa shape index (κ3) is 1.44. The van der Waals surface area contributed by atoms with Gasteiger partial charge in [0.1, 0.15) is 0 Å². The SMILES string of the molecule is [SnH][c]1cc2ccccc2c2ccccc12. The van der Waals surface area contributed by atoms with E-state index in [1.807, 2.05) is 0 Å². The van der Waals surface area contributed by atoms with Crippen molar-refractivity contribution in [3.05, 3.63) is 54.6 Å². The summed E-state index contributed by atoms with van der Waals surface area (Å²) in [5.74, 6) is 0. The molecule has 0 saturated heterocycles. The van der Waals surface area contributed by atoms with Gasteiger partial charge in [-0.25, -0.2) is 0 Å². The molecule has 0 aliphatic rings. The summed E-state index contributed by atoms with van der Waals surface area (Å²) >= 11 is 1.18. The first-order chi connectivity index (χ1) is 7.36. The zero-order valence-corrected chi connectivity index (χ0v) is 11.6. The van der Waals surface area contributed by atoms with Crippen molar-refractivity contribution in [2.24, 2.45) is 0 Å². The van der Waals surface area contributed by atoms with Crippen molar-refractivity contribution in [2.45, 2.75) is 0 Å². The average molecular weight is 297 g/mol. The standard InChI is InChI=1S/C14H9.Sn.H/c1-3-7-13-11(5-1)9-10-12-6-2-4-8-14(12)13;;/h1-9H;;. The molecule has 0 aliphatic carbocycles. The second-order valence-electron chi connectivity index (χ2n) is 3.73. The fourth-order valence-electron chi connectivity index (χ4n) is 2.08. The van der Waals surface area contributed by atoms with Crippen LogP contribution in [0.1, 0.15) is 0 Å². The van der Waals surface area contributed by atoms with Crippen LogP contribution in [0.3, 0.4) is 0 Å². The molecule has 2 radical (unpaired) electrons. The molecule has 0 spiro atoms. The summed E-state index contributed by atoms with van der Waals surface area (Å²) in [5.41, 5.74) is 0. The van der Waals surface area contributed by atoms with E-state index in [4.69, 9.17) is 0 Å². The van der Waals surface area contributed by atoms with Crippen LogP contribution in [-0.4, -0.2) is 22.5 Å². The maximum absolute atomic E-state index is 2.32. The van der Waals surface area contributed by atoms with E-state index in [-0.39, 0.29) is 0 Å². The summed E-state index contributed by atoms with van der Waals surface area (Å²) in [5, 5.41) is 5.53. The average Bonchev–Trinajstić information content (AvgIpc) is 2.30. The van der Waals surface area contributed by atoms with Gasteiger partial charge in [0.15, 0.2) is 0 Å². The Balaban J connectivity index is 2.64. The normalized spacial score (nSPS) is 11.0. The Bertz CT molecular complexity index is 641. The van der Waals surface area contributed by atoms with E-state index < -0.39 is 0 Å². The second kappa shape index (κ2) is 3.53. The second-order valence-corrected chi connectivity index (χ2v) is 5.51. The predicted molar refractivity (Wildman–Crippen MR) is 68.2 cm³/mol. The quantitative estimate of drug-likeness (QED) is 0.442. The zero-order valence-electron chi connectivity index (χ0n) is 8.27. The Morgan fingerprint density at radius 2 is 1.27 bits per heavy atom. The zero-order chi connectivity index (χ0) is 10.3. The van der Waals surface area contributed by atoms with Gasteiger partial charge < -0.3 is 0 Å². The summed E-state index contributed by atoms with van der Waals surface area (Å²) in [7, 11) is 0. The number of rotatable bonds is 0. The maximum atomic E-state index is 2.32. The van der Waals surface area contributed by atoms with Gasteiger partial charge in [-0.15, -0.1) is 0 Å². The van der Waals surface area contributed by atoms with E-state index in [0.29, 0.717) is 0 Å². The summed E-state index contributed by atoms with van der Waals surface area (Å²) in [6.45, 7) is 0. The van der Waals surface area contributed by atoms with Crippen molar-refractivity contribution >= 4 is 47.6 Å². The van der Waals surface area contributed by atoms with Crippen LogP contribution in [0.15, 0.2) is 54.6 Å². The monoisotopic (exact) mass is 298 g/mol. The molecular weight excluding hydrogens is 287 g/mol. The Hall–Kier alpha value is -1.02. The fourth-order valence-corrected chi connectivity index (χ4v) is 3.31. The van der Waals surface area contributed by atoms with E-state index in [1.54, 1.807) is 0 Å². The van der Waals surface area contributed by atoms with Gasteiger partial charge in [0.05, 0.1) is 0 Å². The molecule has 0 amide bonds. The molecule has 0 atom stereocenters. The van der Waals surface area contributed by atoms with E-state index >= 15 is 0 Å². The molecule has 0 N–H and O–H groups in total. The van der Waals surface area contributed by atoms with Gasteiger partial charge in [-0.1, -0.05) is 0 Å².